The van der Waals surface area contributed by atoms with Crippen LogP contribution in [0.4, 0.5) is 0 Å². The van der Waals surface area contributed by atoms with Gasteiger partial charge in [-0.05, 0) is 49.9 Å². The Labute approximate surface area is 109 Å². The zero-order valence-corrected chi connectivity index (χ0v) is 11.4. The van der Waals surface area contributed by atoms with Crippen LogP contribution in [0.15, 0.2) is 18.2 Å². The number of aryl methyl sites for hydroxylation is 1. The number of benzene rings is 1. The Morgan fingerprint density at radius 3 is 2.89 bits per heavy atom. The van der Waals surface area contributed by atoms with Crippen molar-refractivity contribution in [3.8, 4) is 0 Å². The van der Waals surface area contributed by atoms with Crippen molar-refractivity contribution in [1.29, 1.82) is 0 Å². The van der Waals surface area contributed by atoms with E-state index in [0.717, 1.165) is 36.2 Å². The second-order valence-electron chi connectivity index (χ2n) is 5.30. The summed E-state index contributed by atoms with van der Waals surface area (Å²) >= 11 is 0. The molecule has 0 bridgehead atoms. The van der Waals surface area contributed by atoms with Crippen molar-refractivity contribution < 1.29 is 4.79 Å². The van der Waals surface area contributed by atoms with Gasteiger partial charge in [-0.1, -0.05) is 19.1 Å². The van der Waals surface area contributed by atoms with Crippen LogP contribution in [0.25, 0.3) is 0 Å². The normalized spacial score (nSPS) is 23.7. The molecule has 0 unspecified atom stereocenters. The first-order valence-corrected chi connectivity index (χ1v) is 6.67. The molecule has 2 rings (SSSR count). The van der Waals surface area contributed by atoms with Crippen molar-refractivity contribution >= 4 is 5.91 Å². The van der Waals surface area contributed by atoms with Crippen LogP contribution in [-0.4, -0.2) is 25.0 Å². The molecule has 1 saturated heterocycles. The van der Waals surface area contributed by atoms with E-state index in [0.29, 0.717) is 5.92 Å². The van der Waals surface area contributed by atoms with E-state index >= 15 is 0 Å². The quantitative estimate of drug-likeness (QED) is 0.838. The van der Waals surface area contributed by atoms with E-state index in [4.69, 9.17) is 0 Å². The van der Waals surface area contributed by atoms with Gasteiger partial charge in [0.1, 0.15) is 0 Å². The van der Waals surface area contributed by atoms with E-state index in [1.54, 1.807) is 0 Å². The molecule has 0 aliphatic carbocycles. The third kappa shape index (κ3) is 2.72. The highest BCUT2D eigenvalue weighted by atomic mass is 16.1. The maximum atomic E-state index is 12.3. The summed E-state index contributed by atoms with van der Waals surface area (Å²) in [6.45, 7) is 8.17. The van der Waals surface area contributed by atoms with Gasteiger partial charge in [-0.25, -0.2) is 0 Å². The highest BCUT2D eigenvalue weighted by Crippen LogP contribution is 2.15. The number of rotatable bonds is 2. The number of hydrogen-bond donors (Lipinski definition) is 2. The van der Waals surface area contributed by atoms with Crippen LogP contribution in [0.2, 0.25) is 0 Å². The van der Waals surface area contributed by atoms with Gasteiger partial charge in [0.15, 0.2) is 0 Å². The van der Waals surface area contributed by atoms with Gasteiger partial charge < -0.3 is 10.6 Å². The molecule has 0 spiro atoms. The van der Waals surface area contributed by atoms with Crippen molar-refractivity contribution in [2.24, 2.45) is 5.92 Å². The van der Waals surface area contributed by atoms with Crippen LogP contribution < -0.4 is 10.6 Å². The number of hydrogen-bond acceptors (Lipinski definition) is 2. The Balaban J connectivity index is 2.09. The van der Waals surface area contributed by atoms with Gasteiger partial charge >= 0.3 is 0 Å². The summed E-state index contributed by atoms with van der Waals surface area (Å²) in [5.74, 6) is 0.595. The Hall–Kier alpha value is -1.35. The zero-order valence-electron chi connectivity index (χ0n) is 11.4. The lowest BCUT2D eigenvalue weighted by molar-refractivity contribution is 0.0914. The molecule has 2 N–H and O–H groups in total. The molecule has 18 heavy (non-hydrogen) atoms. The SMILES string of the molecule is Cc1cccc(C(=O)N[C@H]2CNCC[C@H]2C)c1C. The molecule has 1 fully saturated rings. The van der Waals surface area contributed by atoms with E-state index in [2.05, 4.69) is 17.6 Å². The third-order valence-electron chi connectivity index (χ3n) is 3.99. The smallest absolute Gasteiger partial charge is 0.251 e. The average molecular weight is 246 g/mol. The molecule has 98 valence electrons. The molecule has 1 aliphatic rings. The van der Waals surface area contributed by atoms with Crippen molar-refractivity contribution in [3.63, 3.8) is 0 Å². The van der Waals surface area contributed by atoms with Gasteiger partial charge in [-0.3, -0.25) is 4.79 Å². The van der Waals surface area contributed by atoms with E-state index in [1.807, 2.05) is 32.0 Å². The van der Waals surface area contributed by atoms with Crippen molar-refractivity contribution in [2.75, 3.05) is 13.1 Å². The van der Waals surface area contributed by atoms with Crippen LogP contribution in [-0.2, 0) is 0 Å². The molecule has 2 atom stereocenters. The topological polar surface area (TPSA) is 41.1 Å². The van der Waals surface area contributed by atoms with Gasteiger partial charge in [0, 0.05) is 18.2 Å². The minimum atomic E-state index is 0.0525. The maximum Gasteiger partial charge on any atom is 0.251 e. The lowest BCUT2D eigenvalue weighted by Gasteiger charge is -2.30. The van der Waals surface area contributed by atoms with Gasteiger partial charge in [-0.15, -0.1) is 0 Å². The first kappa shape index (κ1) is 13.1. The Morgan fingerprint density at radius 1 is 1.39 bits per heavy atom. The van der Waals surface area contributed by atoms with Crippen LogP contribution in [0.1, 0.15) is 34.8 Å². The molecule has 1 aliphatic heterocycles. The standard InChI is InChI=1S/C15H22N2O/c1-10-5-4-6-13(12(10)3)15(18)17-14-9-16-8-7-11(14)2/h4-6,11,14,16H,7-9H2,1-3H3,(H,17,18)/t11-,14+/m1/s1. The van der Waals surface area contributed by atoms with Gasteiger partial charge in [0.05, 0.1) is 0 Å². The fraction of sp³-hybridized carbons (Fsp3) is 0.533. The number of carbonyl (C=O) groups is 1. The molecule has 1 aromatic carbocycles. The molecule has 1 aromatic rings. The highest BCUT2D eigenvalue weighted by Gasteiger charge is 2.23. The number of nitrogens with one attached hydrogen (secondary N) is 2. The third-order valence-corrected chi connectivity index (χ3v) is 3.99. The monoisotopic (exact) mass is 246 g/mol. The van der Waals surface area contributed by atoms with Crippen molar-refractivity contribution in [1.82, 2.24) is 10.6 Å². The summed E-state index contributed by atoms with van der Waals surface area (Å²) in [5, 5.41) is 6.48. The molecule has 1 heterocycles. The van der Waals surface area contributed by atoms with E-state index in [1.165, 1.54) is 0 Å². The minimum Gasteiger partial charge on any atom is -0.348 e. The summed E-state index contributed by atoms with van der Waals surface area (Å²) in [6.07, 6.45) is 1.12. The lowest BCUT2D eigenvalue weighted by atomic mass is 9.94. The van der Waals surface area contributed by atoms with E-state index < -0.39 is 0 Å². The van der Waals surface area contributed by atoms with Gasteiger partial charge in [-0.2, -0.15) is 0 Å². The number of piperidine rings is 1. The largest absolute Gasteiger partial charge is 0.348 e. The summed E-state index contributed by atoms with van der Waals surface area (Å²) in [5.41, 5.74) is 3.04. The Bertz CT molecular complexity index is 442. The first-order chi connectivity index (χ1) is 8.59. The molecule has 0 saturated carbocycles. The van der Waals surface area contributed by atoms with E-state index in [-0.39, 0.29) is 11.9 Å². The summed E-state index contributed by atoms with van der Waals surface area (Å²) in [7, 11) is 0. The predicted molar refractivity (Wildman–Crippen MR) is 73.8 cm³/mol. The average Bonchev–Trinajstić information content (AvgIpc) is 2.35. The summed E-state index contributed by atoms with van der Waals surface area (Å²) < 4.78 is 0. The fourth-order valence-corrected chi connectivity index (χ4v) is 2.43. The zero-order chi connectivity index (χ0) is 13.1. The van der Waals surface area contributed by atoms with Crippen LogP contribution in [0.3, 0.4) is 0 Å². The second kappa shape index (κ2) is 5.53. The van der Waals surface area contributed by atoms with Crippen molar-refractivity contribution in [3.05, 3.63) is 34.9 Å². The number of carbonyl (C=O) groups excluding carboxylic acids is 1. The molecular weight excluding hydrogens is 224 g/mol. The predicted octanol–water partition coefficient (Wildman–Crippen LogP) is 2.03. The Morgan fingerprint density at radius 2 is 2.17 bits per heavy atom. The lowest BCUT2D eigenvalue weighted by Crippen LogP contribution is -2.50. The molecule has 0 radical (unpaired) electrons. The summed E-state index contributed by atoms with van der Waals surface area (Å²) in [6, 6.07) is 6.13. The van der Waals surface area contributed by atoms with Crippen LogP contribution in [0, 0.1) is 19.8 Å². The minimum absolute atomic E-state index is 0.0525. The summed E-state index contributed by atoms with van der Waals surface area (Å²) in [4.78, 5) is 12.3. The first-order valence-electron chi connectivity index (χ1n) is 6.67. The highest BCUT2D eigenvalue weighted by molar-refractivity contribution is 5.96. The van der Waals surface area contributed by atoms with Gasteiger partial charge in [0.25, 0.3) is 5.91 Å². The van der Waals surface area contributed by atoms with Crippen LogP contribution in [0.5, 0.6) is 0 Å². The fourth-order valence-electron chi connectivity index (χ4n) is 2.43. The molecule has 3 heteroatoms. The van der Waals surface area contributed by atoms with Crippen LogP contribution >= 0.6 is 0 Å². The molecule has 1 amide bonds. The molecular formula is C15H22N2O. The Kier molecular flexibility index (Phi) is 4.02. The number of amides is 1. The van der Waals surface area contributed by atoms with Crippen molar-refractivity contribution in [2.45, 2.75) is 33.2 Å². The molecule has 3 nitrogen and oxygen atoms in total. The van der Waals surface area contributed by atoms with Gasteiger partial charge in [0.2, 0.25) is 0 Å². The second-order valence-corrected chi connectivity index (χ2v) is 5.30. The maximum absolute atomic E-state index is 12.3. The molecule has 0 aromatic heterocycles. The van der Waals surface area contributed by atoms with E-state index in [9.17, 15) is 4.79 Å².